The highest BCUT2D eigenvalue weighted by molar-refractivity contribution is 7.13. The van der Waals surface area contributed by atoms with E-state index in [0.717, 1.165) is 24.2 Å². The average Bonchev–Trinajstić information content (AvgIpc) is 3.22. The average molecular weight is 390 g/mol. The van der Waals surface area contributed by atoms with Crippen LogP contribution in [0.4, 0.5) is 0 Å². The van der Waals surface area contributed by atoms with Gasteiger partial charge < -0.3 is 15.7 Å². The number of aliphatic hydroxyl groups excluding tert-OH is 1. The Labute approximate surface area is 166 Å². The smallest absolute Gasteiger partial charge is 0.223 e. The van der Waals surface area contributed by atoms with Gasteiger partial charge in [0, 0.05) is 26.1 Å². The number of thiazole rings is 1. The van der Waals surface area contributed by atoms with Crippen LogP contribution < -0.4 is 5.73 Å². The zero-order chi connectivity index (χ0) is 20.0. The monoisotopic (exact) mass is 389 g/mol. The lowest BCUT2D eigenvalue weighted by atomic mass is 9.92. The first-order valence-electron chi connectivity index (χ1n) is 9.35. The van der Waals surface area contributed by atoms with Crippen LogP contribution in [0.15, 0.2) is 29.8 Å². The molecule has 1 fully saturated rings. The zero-order valence-corrected chi connectivity index (χ0v) is 17.6. The van der Waals surface area contributed by atoms with Crippen LogP contribution in [0, 0.1) is 12.3 Å². The number of aromatic nitrogens is 1. The summed E-state index contributed by atoms with van der Waals surface area (Å²) in [7, 11) is 0. The molecular formula is C21H31N3O2S. The van der Waals surface area contributed by atoms with Crippen molar-refractivity contribution in [2.75, 3.05) is 13.1 Å². The quantitative estimate of drug-likeness (QED) is 0.841. The number of carbonyl (C=O) groups excluding carboxylic acids is 1. The second-order valence-electron chi connectivity index (χ2n) is 8.19. The molecular weight excluding hydrogens is 358 g/mol. The summed E-state index contributed by atoms with van der Waals surface area (Å²) in [4.78, 5) is 18.9. The first-order chi connectivity index (χ1) is 12.7. The Morgan fingerprint density at radius 2 is 2.00 bits per heavy atom. The molecule has 148 valence electrons. The SMILES string of the molecule is CC(C)(C)CC(=O)N1CCC(O)C1.Cc1ncsc1-c1ccc(CN)cc1. The fourth-order valence-corrected chi connectivity index (χ4v) is 3.72. The van der Waals surface area contributed by atoms with E-state index < -0.39 is 0 Å². The van der Waals surface area contributed by atoms with Crippen LogP contribution in [0.1, 0.15) is 44.9 Å². The van der Waals surface area contributed by atoms with Crippen LogP contribution in [0.25, 0.3) is 10.4 Å². The summed E-state index contributed by atoms with van der Waals surface area (Å²) in [6.07, 6.45) is 0.999. The Morgan fingerprint density at radius 3 is 2.44 bits per heavy atom. The third kappa shape index (κ3) is 6.72. The van der Waals surface area contributed by atoms with Crippen molar-refractivity contribution in [3.63, 3.8) is 0 Å². The Hall–Kier alpha value is -1.76. The lowest BCUT2D eigenvalue weighted by Gasteiger charge is -2.22. The van der Waals surface area contributed by atoms with Crippen LogP contribution in [-0.4, -0.2) is 40.1 Å². The Bertz CT molecular complexity index is 735. The van der Waals surface area contributed by atoms with E-state index >= 15 is 0 Å². The molecule has 1 amide bonds. The molecule has 27 heavy (non-hydrogen) atoms. The van der Waals surface area contributed by atoms with E-state index in [9.17, 15) is 9.90 Å². The van der Waals surface area contributed by atoms with Crippen molar-refractivity contribution >= 4 is 17.2 Å². The molecule has 0 radical (unpaired) electrons. The lowest BCUT2D eigenvalue weighted by molar-refractivity contribution is -0.132. The van der Waals surface area contributed by atoms with Gasteiger partial charge in [-0.25, -0.2) is 4.98 Å². The first kappa shape index (κ1) is 21.5. The van der Waals surface area contributed by atoms with E-state index in [-0.39, 0.29) is 17.4 Å². The van der Waals surface area contributed by atoms with Gasteiger partial charge in [0.15, 0.2) is 0 Å². The van der Waals surface area contributed by atoms with Crippen molar-refractivity contribution in [3.8, 4) is 10.4 Å². The van der Waals surface area contributed by atoms with Gasteiger partial charge >= 0.3 is 0 Å². The summed E-state index contributed by atoms with van der Waals surface area (Å²) in [5, 5.41) is 9.25. The number of amides is 1. The molecule has 3 N–H and O–H groups in total. The molecule has 0 aliphatic carbocycles. The van der Waals surface area contributed by atoms with Crippen molar-refractivity contribution in [1.29, 1.82) is 0 Å². The lowest BCUT2D eigenvalue weighted by Crippen LogP contribution is -2.32. The molecule has 2 heterocycles. The maximum atomic E-state index is 11.6. The predicted molar refractivity (Wildman–Crippen MR) is 111 cm³/mol. The molecule has 0 spiro atoms. The van der Waals surface area contributed by atoms with E-state index in [1.807, 2.05) is 12.4 Å². The van der Waals surface area contributed by atoms with E-state index in [0.29, 0.717) is 19.5 Å². The summed E-state index contributed by atoms with van der Waals surface area (Å²) < 4.78 is 0. The van der Waals surface area contributed by atoms with Crippen molar-refractivity contribution in [2.24, 2.45) is 11.1 Å². The van der Waals surface area contributed by atoms with Crippen LogP contribution in [0.5, 0.6) is 0 Å². The second-order valence-corrected chi connectivity index (χ2v) is 9.04. The molecule has 1 aromatic heterocycles. The maximum absolute atomic E-state index is 11.6. The second kappa shape index (κ2) is 9.44. The number of aliphatic hydroxyl groups is 1. The van der Waals surface area contributed by atoms with Gasteiger partial charge in [0.25, 0.3) is 0 Å². The Kier molecular flexibility index (Phi) is 7.53. The fourth-order valence-electron chi connectivity index (χ4n) is 2.90. The fraction of sp³-hybridized carbons (Fsp3) is 0.524. The summed E-state index contributed by atoms with van der Waals surface area (Å²) >= 11 is 1.67. The van der Waals surface area contributed by atoms with E-state index in [4.69, 9.17) is 5.73 Å². The van der Waals surface area contributed by atoms with E-state index in [1.165, 1.54) is 10.4 Å². The summed E-state index contributed by atoms with van der Waals surface area (Å²) in [5.41, 5.74) is 10.9. The van der Waals surface area contributed by atoms with Crippen molar-refractivity contribution < 1.29 is 9.90 Å². The number of hydrogen-bond acceptors (Lipinski definition) is 5. The van der Waals surface area contributed by atoms with Gasteiger partial charge in [-0.3, -0.25) is 4.79 Å². The van der Waals surface area contributed by atoms with Crippen LogP contribution in [0.2, 0.25) is 0 Å². The first-order valence-corrected chi connectivity index (χ1v) is 10.2. The Morgan fingerprint density at radius 1 is 1.33 bits per heavy atom. The third-order valence-corrected chi connectivity index (χ3v) is 5.37. The molecule has 1 atom stereocenters. The van der Waals surface area contributed by atoms with Crippen molar-refractivity contribution in [2.45, 2.75) is 53.2 Å². The third-order valence-electron chi connectivity index (χ3n) is 4.39. The summed E-state index contributed by atoms with van der Waals surface area (Å²) in [6.45, 7) is 10.0. The number of nitrogens with two attached hydrogens (primary N) is 1. The number of nitrogens with zero attached hydrogens (tertiary/aromatic N) is 2. The molecule has 1 aromatic carbocycles. The van der Waals surface area contributed by atoms with Gasteiger partial charge in [-0.15, -0.1) is 11.3 Å². The van der Waals surface area contributed by atoms with Crippen molar-refractivity contribution in [3.05, 3.63) is 41.0 Å². The van der Waals surface area contributed by atoms with Gasteiger partial charge in [-0.1, -0.05) is 45.0 Å². The van der Waals surface area contributed by atoms with Gasteiger partial charge in [0.1, 0.15) is 0 Å². The number of aryl methyl sites for hydroxylation is 1. The van der Waals surface area contributed by atoms with Gasteiger partial charge in [0.05, 0.1) is 22.2 Å². The molecule has 1 saturated heterocycles. The zero-order valence-electron chi connectivity index (χ0n) is 16.7. The normalized spacial score (nSPS) is 16.8. The Balaban J connectivity index is 0.000000194. The minimum Gasteiger partial charge on any atom is -0.391 e. The van der Waals surface area contributed by atoms with Crippen LogP contribution in [0.3, 0.4) is 0 Å². The molecule has 5 nitrogen and oxygen atoms in total. The number of rotatable bonds is 3. The standard InChI is InChI=1S/C11H12N2S.C10H19NO2/c1-8-11(14-7-13-8)10-4-2-9(6-12)3-5-10;1-10(2,3)6-9(13)11-5-4-8(12)7-11/h2-5,7H,6,12H2,1H3;8,12H,4-7H2,1-3H3. The van der Waals surface area contributed by atoms with Gasteiger partial charge in [-0.05, 0) is 29.9 Å². The predicted octanol–water partition coefficient (Wildman–Crippen LogP) is 3.59. The minimum absolute atomic E-state index is 0.0463. The number of hydrogen-bond donors (Lipinski definition) is 2. The highest BCUT2D eigenvalue weighted by atomic mass is 32.1. The molecule has 3 rings (SSSR count). The molecule has 2 aromatic rings. The van der Waals surface area contributed by atoms with Crippen LogP contribution in [-0.2, 0) is 11.3 Å². The largest absolute Gasteiger partial charge is 0.391 e. The van der Waals surface area contributed by atoms with E-state index in [2.05, 4.69) is 50.0 Å². The van der Waals surface area contributed by atoms with Crippen molar-refractivity contribution in [1.82, 2.24) is 9.88 Å². The van der Waals surface area contributed by atoms with E-state index in [1.54, 1.807) is 16.2 Å². The number of benzene rings is 1. The highest BCUT2D eigenvalue weighted by Gasteiger charge is 2.27. The summed E-state index contributed by atoms with van der Waals surface area (Å²) in [6, 6.07) is 8.33. The topological polar surface area (TPSA) is 79.5 Å². The minimum atomic E-state index is -0.302. The van der Waals surface area contributed by atoms with Gasteiger partial charge in [0.2, 0.25) is 5.91 Å². The maximum Gasteiger partial charge on any atom is 0.223 e. The molecule has 1 aliphatic rings. The summed E-state index contributed by atoms with van der Waals surface area (Å²) in [5.74, 6) is 0.170. The molecule has 0 saturated carbocycles. The number of carbonyl (C=O) groups is 1. The van der Waals surface area contributed by atoms with Crippen LogP contribution >= 0.6 is 11.3 Å². The van der Waals surface area contributed by atoms with Gasteiger partial charge in [-0.2, -0.15) is 0 Å². The molecule has 6 heteroatoms. The number of likely N-dealkylation sites (tertiary alicyclic amines) is 1. The molecule has 1 aliphatic heterocycles. The molecule has 1 unspecified atom stereocenters. The molecule has 0 bridgehead atoms. The highest BCUT2D eigenvalue weighted by Crippen LogP contribution is 2.27. The number of β-amino-alcohol motifs (C(OH)–C–C–N with tert-alkyl or cyclic N) is 1.